The molecule has 5 aromatic rings. The Hall–Kier alpha value is -4.59. The molecule has 1 aliphatic heterocycles. The van der Waals surface area contributed by atoms with E-state index >= 15 is 0 Å². The lowest BCUT2D eigenvalue weighted by Gasteiger charge is -2.28. The third kappa shape index (κ3) is 3.11. The first-order chi connectivity index (χ1) is 16.7. The Morgan fingerprint density at radius 2 is 1.76 bits per heavy atom. The number of nitrogens with zero attached hydrogens (tertiary/aromatic N) is 4. The van der Waals surface area contributed by atoms with Gasteiger partial charge in [-0.25, -0.2) is 14.5 Å². The average Bonchev–Trinajstić information content (AvgIpc) is 3.32. The third-order valence-electron chi connectivity index (χ3n) is 5.96. The van der Waals surface area contributed by atoms with Crippen molar-refractivity contribution in [2.45, 2.75) is 5.92 Å². The van der Waals surface area contributed by atoms with E-state index in [9.17, 15) is 5.11 Å². The van der Waals surface area contributed by atoms with Crippen LogP contribution in [-0.4, -0.2) is 38.9 Å². The molecule has 34 heavy (non-hydrogen) atoms. The number of hydrogen-bond acceptors (Lipinski definition) is 7. The number of phenols is 1. The van der Waals surface area contributed by atoms with Gasteiger partial charge in [0.05, 0.1) is 19.8 Å². The molecule has 1 atom stereocenters. The number of hydrogen-bond donors (Lipinski definition) is 1. The lowest BCUT2D eigenvalue weighted by molar-refractivity contribution is 0.354. The maximum atomic E-state index is 10.1. The molecule has 1 aliphatic rings. The van der Waals surface area contributed by atoms with Gasteiger partial charge in [0, 0.05) is 23.1 Å². The van der Waals surface area contributed by atoms with E-state index in [1.807, 2.05) is 54.6 Å². The molecule has 0 radical (unpaired) electrons. The van der Waals surface area contributed by atoms with Crippen molar-refractivity contribution in [2.75, 3.05) is 14.2 Å². The molecule has 1 N–H and O–H groups in total. The highest BCUT2D eigenvalue weighted by Crippen LogP contribution is 2.49. The van der Waals surface area contributed by atoms with Gasteiger partial charge in [-0.15, -0.1) is 5.10 Å². The van der Waals surface area contributed by atoms with Gasteiger partial charge in [-0.1, -0.05) is 42.5 Å². The number of aromatic hydroxyl groups is 1. The summed E-state index contributed by atoms with van der Waals surface area (Å²) in [5.41, 5.74) is 4.14. The minimum absolute atomic E-state index is 0.114. The summed E-state index contributed by atoms with van der Waals surface area (Å²) >= 11 is 0. The standard InChI is InChI=1S/C26H20N4O4/c1-32-19-11-8-16(12-21(19)33-2)22-18-10-9-17(31)13-20(18)34-26-23(22)25-28-24(29-30(25)14-27-26)15-6-4-3-5-7-15/h3-14,22,31H,1-2H3/t22-/m0/s1. The van der Waals surface area contributed by atoms with Crippen molar-refractivity contribution >= 4 is 5.65 Å². The fourth-order valence-corrected chi connectivity index (χ4v) is 4.39. The van der Waals surface area contributed by atoms with E-state index in [2.05, 4.69) is 10.1 Å². The van der Waals surface area contributed by atoms with Gasteiger partial charge in [0.25, 0.3) is 0 Å². The molecule has 2 aromatic heterocycles. The van der Waals surface area contributed by atoms with Crippen molar-refractivity contribution < 1.29 is 19.3 Å². The molecule has 6 rings (SSSR count). The maximum absolute atomic E-state index is 10.1. The fourth-order valence-electron chi connectivity index (χ4n) is 4.39. The largest absolute Gasteiger partial charge is 0.508 e. The zero-order chi connectivity index (χ0) is 23.2. The van der Waals surface area contributed by atoms with Gasteiger partial charge in [-0.05, 0) is 23.8 Å². The second kappa shape index (κ2) is 7.77. The summed E-state index contributed by atoms with van der Waals surface area (Å²) in [4.78, 5) is 9.40. The van der Waals surface area contributed by atoms with Crippen LogP contribution in [0.2, 0.25) is 0 Å². The first kappa shape index (κ1) is 20.0. The molecule has 0 aliphatic carbocycles. The number of methoxy groups -OCH3 is 2. The molecule has 0 saturated heterocycles. The predicted octanol–water partition coefficient (Wildman–Crippen LogP) is 4.80. The van der Waals surface area contributed by atoms with Crippen LogP contribution in [0.25, 0.3) is 17.0 Å². The quantitative estimate of drug-likeness (QED) is 0.411. The second-order valence-electron chi connectivity index (χ2n) is 7.90. The van der Waals surface area contributed by atoms with Crippen LogP contribution < -0.4 is 14.2 Å². The van der Waals surface area contributed by atoms with Crippen LogP contribution in [0.15, 0.2) is 73.1 Å². The van der Waals surface area contributed by atoms with E-state index in [1.165, 1.54) is 0 Å². The molecule has 0 bridgehead atoms. The summed E-state index contributed by atoms with van der Waals surface area (Å²) in [6.45, 7) is 0. The van der Waals surface area contributed by atoms with E-state index in [4.69, 9.17) is 19.2 Å². The first-order valence-corrected chi connectivity index (χ1v) is 10.7. The van der Waals surface area contributed by atoms with Crippen molar-refractivity contribution in [1.29, 1.82) is 0 Å². The van der Waals surface area contributed by atoms with Crippen LogP contribution in [-0.2, 0) is 0 Å². The van der Waals surface area contributed by atoms with Gasteiger partial charge in [0.1, 0.15) is 17.8 Å². The number of benzene rings is 3. The molecule has 8 heteroatoms. The predicted molar refractivity (Wildman–Crippen MR) is 125 cm³/mol. The maximum Gasteiger partial charge on any atom is 0.228 e. The van der Waals surface area contributed by atoms with Gasteiger partial charge in [-0.3, -0.25) is 0 Å². The number of phenolic OH excluding ortho intramolecular Hbond substituents is 1. The molecule has 0 fully saturated rings. The normalized spacial score (nSPS) is 14.2. The number of rotatable bonds is 4. The van der Waals surface area contributed by atoms with Gasteiger partial charge >= 0.3 is 0 Å². The number of fused-ring (bicyclic) bond motifs is 4. The zero-order valence-electron chi connectivity index (χ0n) is 18.5. The van der Waals surface area contributed by atoms with Crippen molar-refractivity contribution in [3.63, 3.8) is 0 Å². The molecule has 0 amide bonds. The van der Waals surface area contributed by atoms with Crippen LogP contribution >= 0.6 is 0 Å². The SMILES string of the molecule is COc1ccc([C@H]2c3ccc(O)cc3Oc3ncn4nc(-c5ccccc5)nc4c32)cc1OC. The lowest BCUT2D eigenvalue weighted by Crippen LogP contribution is -2.15. The van der Waals surface area contributed by atoms with Crippen LogP contribution in [0, 0.1) is 0 Å². The zero-order valence-corrected chi connectivity index (χ0v) is 18.5. The number of aromatic nitrogens is 4. The Kier molecular flexibility index (Phi) is 4.58. The van der Waals surface area contributed by atoms with E-state index in [0.717, 1.165) is 22.3 Å². The summed E-state index contributed by atoms with van der Waals surface area (Å²) in [5.74, 6) is 2.61. The Balaban J connectivity index is 1.61. The highest BCUT2D eigenvalue weighted by Gasteiger charge is 2.34. The monoisotopic (exact) mass is 452 g/mol. The van der Waals surface area contributed by atoms with E-state index < -0.39 is 0 Å². The molecule has 168 valence electrons. The summed E-state index contributed by atoms with van der Waals surface area (Å²) in [6.07, 6.45) is 1.59. The van der Waals surface area contributed by atoms with E-state index in [1.54, 1.807) is 37.2 Å². The highest BCUT2D eigenvalue weighted by molar-refractivity contribution is 5.69. The van der Waals surface area contributed by atoms with E-state index in [-0.39, 0.29) is 11.7 Å². The van der Waals surface area contributed by atoms with Gasteiger partial charge < -0.3 is 19.3 Å². The average molecular weight is 452 g/mol. The minimum atomic E-state index is -0.289. The molecule has 0 unspecified atom stereocenters. The van der Waals surface area contributed by atoms with Gasteiger partial charge in [0.2, 0.25) is 5.88 Å². The Labute approximate surface area is 195 Å². The van der Waals surface area contributed by atoms with Gasteiger partial charge in [0.15, 0.2) is 23.0 Å². The molecular formula is C26H20N4O4. The lowest BCUT2D eigenvalue weighted by atomic mass is 9.83. The van der Waals surface area contributed by atoms with Gasteiger partial charge in [-0.2, -0.15) is 0 Å². The van der Waals surface area contributed by atoms with Crippen LogP contribution in [0.3, 0.4) is 0 Å². The van der Waals surface area contributed by atoms with E-state index in [0.29, 0.717) is 34.6 Å². The van der Waals surface area contributed by atoms with Crippen molar-refractivity contribution in [1.82, 2.24) is 19.6 Å². The highest BCUT2D eigenvalue weighted by atomic mass is 16.5. The Bertz CT molecular complexity index is 1530. The third-order valence-corrected chi connectivity index (χ3v) is 5.96. The summed E-state index contributed by atoms with van der Waals surface area (Å²) in [5, 5.41) is 14.7. The second-order valence-corrected chi connectivity index (χ2v) is 7.90. The molecule has 3 heterocycles. The summed E-state index contributed by atoms with van der Waals surface area (Å²) in [6, 6.07) is 20.7. The van der Waals surface area contributed by atoms with Crippen molar-refractivity contribution in [2.24, 2.45) is 0 Å². The molecule has 8 nitrogen and oxygen atoms in total. The Morgan fingerprint density at radius 1 is 0.941 bits per heavy atom. The van der Waals surface area contributed by atoms with Crippen molar-refractivity contribution in [3.8, 4) is 40.3 Å². The molecule has 0 saturated carbocycles. The fraction of sp³-hybridized carbons (Fsp3) is 0.115. The van der Waals surface area contributed by atoms with Crippen LogP contribution in [0.1, 0.15) is 22.6 Å². The molecule has 0 spiro atoms. The summed E-state index contributed by atoms with van der Waals surface area (Å²) < 4.78 is 18.8. The smallest absolute Gasteiger partial charge is 0.228 e. The van der Waals surface area contributed by atoms with Crippen LogP contribution in [0.4, 0.5) is 0 Å². The summed E-state index contributed by atoms with van der Waals surface area (Å²) in [7, 11) is 3.21. The topological polar surface area (TPSA) is 91.0 Å². The first-order valence-electron chi connectivity index (χ1n) is 10.7. The van der Waals surface area contributed by atoms with Crippen LogP contribution in [0.5, 0.6) is 28.9 Å². The minimum Gasteiger partial charge on any atom is -0.508 e. The molecule has 3 aromatic carbocycles. The number of ether oxygens (including phenoxy) is 3. The Morgan fingerprint density at radius 3 is 2.56 bits per heavy atom. The molecular weight excluding hydrogens is 432 g/mol. The van der Waals surface area contributed by atoms with Crippen molar-refractivity contribution in [3.05, 3.63) is 89.7 Å².